The number of ether oxygens (including phenoxy) is 1. The second-order valence-electron chi connectivity index (χ2n) is 2.74. The molecule has 68 valence electrons. The lowest BCUT2D eigenvalue weighted by Crippen LogP contribution is -2.11. The maximum atomic E-state index is 11.3. The summed E-state index contributed by atoms with van der Waals surface area (Å²) in [6, 6.07) is 5.68. The standard InChI is InChI=1S/C9H10BIO2/c1-2-13-9(12)6-3-7(10)5-8(11)4-6/h3-5H,2,10H2,1H3. The van der Waals surface area contributed by atoms with Crippen LogP contribution in [0.25, 0.3) is 0 Å². The first-order valence-corrected chi connectivity index (χ1v) is 5.15. The summed E-state index contributed by atoms with van der Waals surface area (Å²) >= 11 is 2.19. The van der Waals surface area contributed by atoms with Crippen LogP contribution in [0, 0.1) is 3.57 Å². The van der Waals surface area contributed by atoms with Crippen LogP contribution in [0.2, 0.25) is 0 Å². The van der Waals surface area contributed by atoms with Crippen LogP contribution in [-0.4, -0.2) is 20.4 Å². The van der Waals surface area contributed by atoms with Crippen molar-refractivity contribution in [1.82, 2.24) is 0 Å². The number of hydrogen-bond acceptors (Lipinski definition) is 2. The average Bonchev–Trinajstić information content (AvgIpc) is 2.03. The van der Waals surface area contributed by atoms with Gasteiger partial charge in [0.2, 0.25) is 0 Å². The Hall–Kier alpha value is -0.515. The van der Waals surface area contributed by atoms with Crippen LogP contribution in [0.3, 0.4) is 0 Å². The SMILES string of the molecule is Bc1cc(I)cc(C(=O)OCC)c1. The highest BCUT2D eigenvalue weighted by atomic mass is 127. The third-order valence-corrected chi connectivity index (χ3v) is 2.18. The summed E-state index contributed by atoms with van der Waals surface area (Å²) in [4.78, 5) is 11.3. The Morgan fingerprint density at radius 2 is 2.23 bits per heavy atom. The number of rotatable bonds is 2. The van der Waals surface area contributed by atoms with Crippen molar-refractivity contribution in [2.75, 3.05) is 6.61 Å². The molecule has 0 aliphatic heterocycles. The zero-order valence-corrected chi connectivity index (χ0v) is 9.79. The lowest BCUT2D eigenvalue weighted by molar-refractivity contribution is 0.0526. The summed E-state index contributed by atoms with van der Waals surface area (Å²) in [6.07, 6.45) is 0. The first-order chi connectivity index (χ1) is 6.13. The number of benzene rings is 1. The number of hydrogen-bond donors (Lipinski definition) is 0. The van der Waals surface area contributed by atoms with Crippen molar-refractivity contribution >= 4 is 41.9 Å². The highest BCUT2D eigenvalue weighted by Crippen LogP contribution is 2.07. The van der Waals surface area contributed by atoms with Gasteiger partial charge in [0, 0.05) is 3.57 Å². The van der Waals surface area contributed by atoms with E-state index in [1.807, 2.05) is 26.0 Å². The molecule has 0 N–H and O–H groups in total. The molecule has 13 heavy (non-hydrogen) atoms. The smallest absolute Gasteiger partial charge is 0.338 e. The molecular weight excluding hydrogens is 278 g/mol. The van der Waals surface area contributed by atoms with Gasteiger partial charge in [0.25, 0.3) is 0 Å². The molecule has 0 spiro atoms. The van der Waals surface area contributed by atoms with E-state index in [1.54, 1.807) is 6.92 Å². The van der Waals surface area contributed by atoms with Crippen LogP contribution in [0.4, 0.5) is 0 Å². The van der Waals surface area contributed by atoms with E-state index in [-0.39, 0.29) is 5.97 Å². The molecule has 0 fully saturated rings. The monoisotopic (exact) mass is 288 g/mol. The summed E-state index contributed by atoms with van der Waals surface area (Å²) in [5.74, 6) is -0.246. The van der Waals surface area contributed by atoms with Crippen molar-refractivity contribution in [3.8, 4) is 0 Å². The molecule has 2 nitrogen and oxygen atoms in total. The predicted octanol–water partition coefficient (Wildman–Crippen LogP) is 0.726. The Morgan fingerprint density at radius 1 is 1.54 bits per heavy atom. The topological polar surface area (TPSA) is 26.3 Å². The molecule has 1 aromatic rings. The zero-order valence-electron chi connectivity index (χ0n) is 7.63. The first-order valence-electron chi connectivity index (χ1n) is 4.08. The van der Waals surface area contributed by atoms with Gasteiger partial charge in [0.15, 0.2) is 0 Å². The Balaban J connectivity index is 2.94. The molecule has 0 heterocycles. The zero-order chi connectivity index (χ0) is 9.84. The molecule has 0 saturated carbocycles. The van der Waals surface area contributed by atoms with Gasteiger partial charge in [-0.1, -0.05) is 17.6 Å². The number of esters is 1. The maximum absolute atomic E-state index is 11.3. The number of carbonyl (C=O) groups excluding carboxylic acids is 1. The Bertz CT molecular complexity index is 305. The first kappa shape index (κ1) is 10.6. The van der Waals surface area contributed by atoms with Crippen molar-refractivity contribution in [3.63, 3.8) is 0 Å². The third-order valence-electron chi connectivity index (χ3n) is 1.55. The van der Waals surface area contributed by atoms with Crippen molar-refractivity contribution in [2.24, 2.45) is 0 Å². The van der Waals surface area contributed by atoms with Gasteiger partial charge >= 0.3 is 5.97 Å². The van der Waals surface area contributed by atoms with Gasteiger partial charge in [-0.3, -0.25) is 0 Å². The molecule has 4 heteroatoms. The fraction of sp³-hybridized carbons (Fsp3) is 0.222. The van der Waals surface area contributed by atoms with E-state index < -0.39 is 0 Å². The third kappa shape index (κ3) is 3.02. The fourth-order valence-electron chi connectivity index (χ4n) is 1.07. The van der Waals surface area contributed by atoms with Crippen LogP contribution in [0.5, 0.6) is 0 Å². The summed E-state index contributed by atoms with van der Waals surface area (Å²) in [6.45, 7) is 2.22. The van der Waals surface area contributed by atoms with Crippen LogP contribution in [0.15, 0.2) is 18.2 Å². The lowest BCUT2D eigenvalue weighted by Gasteiger charge is -2.03. The maximum Gasteiger partial charge on any atom is 0.338 e. The normalized spacial score (nSPS) is 9.69. The Kier molecular flexibility index (Phi) is 3.78. The molecule has 0 amide bonds. The van der Waals surface area contributed by atoms with Crippen molar-refractivity contribution in [2.45, 2.75) is 6.92 Å². The molecule has 0 bridgehead atoms. The van der Waals surface area contributed by atoms with Gasteiger partial charge in [-0.05, 0) is 35.6 Å². The average molecular weight is 288 g/mol. The van der Waals surface area contributed by atoms with E-state index in [1.165, 1.54) is 0 Å². The lowest BCUT2D eigenvalue weighted by atomic mass is 9.94. The van der Waals surface area contributed by atoms with E-state index in [0.717, 1.165) is 9.03 Å². The highest BCUT2D eigenvalue weighted by molar-refractivity contribution is 14.1. The van der Waals surface area contributed by atoms with Gasteiger partial charge in [-0.25, -0.2) is 4.79 Å². The Labute approximate surface area is 92.2 Å². The summed E-state index contributed by atoms with van der Waals surface area (Å²) < 4.78 is 5.95. The molecule has 0 saturated heterocycles. The molecule has 0 radical (unpaired) electrons. The van der Waals surface area contributed by atoms with Gasteiger partial charge in [-0.15, -0.1) is 0 Å². The Morgan fingerprint density at radius 3 is 2.77 bits per heavy atom. The van der Waals surface area contributed by atoms with Gasteiger partial charge in [0.05, 0.1) is 12.2 Å². The summed E-state index contributed by atoms with van der Waals surface area (Å²) in [5, 5.41) is 0. The molecular formula is C9H10BIO2. The summed E-state index contributed by atoms with van der Waals surface area (Å²) in [5.41, 5.74) is 1.71. The highest BCUT2D eigenvalue weighted by Gasteiger charge is 2.06. The van der Waals surface area contributed by atoms with Crippen LogP contribution < -0.4 is 5.46 Å². The van der Waals surface area contributed by atoms with Gasteiger partial charge < -0.3 is 4.74 Å². The minimum atomic E-state index is -0.246. The minimum Gasteiger partial charge on any atom is -0.462 e. The quantitative estimate of drug-likeness (QED) is 0.455. The van der Waals surface area contributed by atoms with Crippen molar-refractivity contribution in [3.05, 3.63) is 27.3 Å². The predicted molar refractivity (Wildman–Crippen MR) is 63.3 cm³/mol. The molecule has 0 aromatic heterocycles. The van der Waals surface area contributed by atoms with Crippen LogP contribution >= 0.6 is 22.6 Å². The second-order valence-corrected chi connectivity index (χ2v) is 3.98. The van der Waals surface area contributed by atoms with E-state index >= 15 is 0 Å². The van der Waals surface area contributed by atoms with Gasteiger partial charge in [-0.2, -0.15) is 0 Å². The number of halogens is 1. The van der Waals surface area contributed by atoms with E-state index in [9.17, 15) is 4.79 Å². The molecule has 0 aliphatic rings. The van der Waals surface area contributed by atoms with E-state index in [2.05, 4.69) is 22.6 Å². The minimum absolute atomic E-state index is 0.246. The largest absolute Gasteiger partial charge is 0.462 e. The van der Waals surface area contributed by atoms with Crippen LogP contribution in [-0.2, 0) is 4.74 Å². The van der Waals surface area contributed by atoms with Gasteiger partial charge in [0.1, 0.15) is 7.85 Å². The molecule has 0 unspecified atom stereocenters. The molecule has 0 aliphatic carbocycles. The fourth-order valence-corrected chi connectivity index (χ4v) is 1.90. The number of carbonyl (C=O) groups is 1. The molecule has 1 rings (SSSR count). The van der Waals surface area contributed by atoms with E-state index in [0.29, 0.717) is 12.2 Å². The van der Waals surface area contributed by atoms with Crippen molar-refractivity contribution in [1.29, 1.82) is 0 Å². The van der Waals surface area contributed by atoms with Crippen LogP contribution in [0.1, 0.15) is 17.3 Å². The second kappa shape index (κ2) is 4.65. The van der Waals surface area contributed by atoms with E-state index in [4.69, 9.17) is 4.74 Å². The van der Waals surface area contributed by atoms with Crippen molar-refractivity contribution < 1.29 is 9.53 Å². The summed E-state index contributed by atoms with van der Waals surface area (Å²) in [7, 11) is 1.96. The molecule has 0 atom stereocenters. The molecule has 1 aromatic carbocycles.